The zero-order valence-corrected chi connectivity index (χ0v) is 16.5. The molecule has 0 spiro atoms. The molecule has 1 amide bonds. The molecule has 1 N–H and O–H groups in total. The van der Waals surface area contributed by atoms with E-state index in [0.29, 0.717) is 19.8 Å². The van der Waals surface area contributed by atoms with Crippen LogP contribution in [0.4, 0.5) is 0 Å². The molecule has 0 saturated carbocycles. The zero-order chi connectivity index (χ0) is 19.3. The number of hydrogen-bond donors (Lipinski definition) is 1. The second-order valence-corrected chi connectivity index (χ2v) is 8.48. The van der Waals surface area contributed by atoms with Crippen LogP contribution in [0.15, 0.2) is 23.1 Å². The van der Waals surface area contributed by atoms with Crippen LogP contribution in [-0.4, -0.2) is 83.6 Å². The van der Waals surface area contributed by atoms with Gasteiger partial charge in [-0.15, -0.1) is 0 Å². The maximum Gasteiger partial charge on any atom is 0.251 e. The van der Waals surface area contributed by atoms with E-state index >= 15 is 0 Å². The number of sulfonamides is 1. The van der Waals surface area contributed by atoms with Crippen molar-refractivity contribution in [3.63, 3.8) is 0 Å². The van der Waals surface area contributed by atoms with Crippen LogP contribution in [0.5, 0.6) is 5.75 Å². The second-order valence-electron chi connectivity index (χ2n) is 6.36. The van der Waals surface area contributed by atoms with E-state index < -0.39 is 10.0 Å². The van der Waals surface area contributed by atoms with Crippen molar-refractivity contribution in [1.82, 2.24) is 14.5 Å². The van der Waals surface area contributed by atoms with E-state index in [9.17, 15) is 13.2 Å². The van der Waals surface area contributed by atoms with Gasteiger partial charge >= 0.3 is 0 Å². The normalized spacial score (nSPS) is 17.1. The van der Waals surface area contributed by atoms with Gasteiger partial charge in [0.2, 0.25) is 10.0 Å². The van der Waals surface area contributed by atoms with Crippen molar-refractivity contribution >= 4 is 15.9 Å². The van der Waals surface area contributed by atoms with Crippen molar-refractivity contribution in [1.29, 1.82) is 0 Å². The predicted octanol–water partition coefficient (Wildman–Crippen LogP) is 0.396. The molecule has 1 unspecified atom stereocenters. The summed E-state index contributed by atoms with van der Waals surface area (Å²) in [7, 11) is 0.551. The summed E-state index contributed by atoms with van der Waals surface area (Å²) in [6.45, 7) is 5.59. The van der Waals surface area contributed by atoms with Gasteiger partial charge in [0.25, 0.3) is 5.91 Å². The van der Waals surface area contributed by atoms with Crippen LogP contribution >= 0.6 is 0 Å². The molecule has 1 aromatic carbocycles. The molecule has 0 bridgehead atoms. The number of methoxy groups -OCH3 is 1. The highest BCUT2D eigenvalue weighted by atomic mass is 32.2. The Morgan fingerprint density at radius 3 is 2.58 bits per heavy atom. The van der Waals surface area contributed by atoms with Crippen LogP contribution < -0.4 is 10.1 Å². The fourth-order valence-electron chi connectivity index (χ4n) is 2.71. The van der Waals surface area contributed by atoms with Crippen molar-refractivity contribution in [3.8, 4) is 5.75 Å². The van der Waals surface area contributed by atoms with Crippen LogP contribution in [0.1, 0.15) is 17.3 Å². The van der Waals surface area contributed by atoms with E-state index in [1.807, 2.05) is 6.92 Å². The first-order chi connectivity index (χ1) is 12.3. The largest absolute Gasteiger partial charge is 0.495 e. The van der Waals surface area contributed by atoms with Gasteiger partial charge in [0, 0.05) is 45.3 Å². The minimum absolute atomic E-state index is 0.0288. The summed E-state index contributed by atoms with van der Waals surface area (Å²) in [5.74, 6) is -0.111. The van der Waals surface area contributed by atoms with E-state index in [4.69, 9.17) is 9.47 Å². The molecule has 1 fully saturated rings. The molecular formula is C17H27N3O5S. The fraction of sp³-hybridized carbons (Fsp3) is 0.588. The number of ether oxygens (including phenoxy) is 2. The Morgan fingerprint density at radius 2 is 2.00 bits per heavy atom. The van der Waals surface area contributed by atoms with Gasteiger partial charge in [0.05, 0.1) is 20.3 Å². The lowest BCUT2D eigenvalue weighted by Crippen LogP contribution is -2.47. The summed E-state index contributed by atoms with van der Waals surface area (Å²) < 4.78 is 36.5. The smallest absolute Gasteiger partial charge is 0.251 e. The molecule has 1 aliphatic heterocycles. The maximum absolute atomic E-state index is 12.5. The van der Waals surface area contributed by atoms with E-state index in [-0.39, 0.29) is 28.2 Å². The number of benzene rings is 1. The predicted molar refractivity (Wildman–Crippen MR) is 98.1 cm³/mol. The topological polar surface area (TPSA) is 88.2 Å². The van der Waals surface area contributed by atoms with E-state index in [0.717, 1.165) is 17.4 Å². The number of rotatable bonds is 7. The molecule has 0 aromatic heterocycles. The Labute approximate surface area is 155 Å². The first-order valence-electron chi connectivity index (χ1n) is 8.48. The summed E-state index contributed by atoms with van der Waals surface area (Å²) in [4.78, 5) is 14.7. The maximum atomic E-state index is 12.5. The number of carbonyl (C=O) groups excluding carboxylic acids is 1. The molecule has 146 valence electrons. The lowest BCUT2D eigenvalue weighted by atomic mass is 10.2. The number of carbonyl (C=O) groups is 1. The number of nitrogens with one attached hydrogen (secondary N) is 1. The van der Waals surface area contributed by atoms with Gasteiger partial charge < -0.3 is 14.8 Å². The average molecular weight is 385 g/mol. The van der Waals surface area contributed by atoms with Gasteiger partial charge in [-0.2, -0.15) is 0 Å². The van der Waals surface area contributed by atoms with Crippen molar-refractivity contribution in [3.05, 3.63) is 23.8 Å². The Kier molecular flexibility index (Phi) is 6.99. The molecule has 1 atom stereocenters. The van der Waals surface area contributed by atoms with Crippen molar-refractivity contribution in [2.75, 3.05) is 54.1 Å². The number of hydrogen-bond acceptors (Lipinski definition) is 6. The highest BCUT2D eigenvalue weighted by Gasteiger charge is 2.24. The quantitative estimate of drug-likeness (QED) is 0.731. The molecule has 8 nitrogen and oxygen atoms in total. The number of morpholine rings is 1. The lowest BCUT2D eigenvalue weighted by Gasteiger charge is -2.32. The van der Waals surface area contributed by atoms with Crippen LogP contribution in [0.25, 0.3) is 0 Å². The molecule has 1 aromatic rings. The standard InChI is InChI=1S/C17H27N3O5S/c1-13(20-7-9-25-10-8-20)12-18-17(21)14-5-6-15(24-4)16(11-14)26(22,23)19(2)3/h5-6,11,13H,7-10,12H2,1-4H3,(H,18,21). The first-order valence-corrected chi connectivity index (χ1v) is 9.92. The van der Waals surface area contributed by atoms with Crippen LogP contribution in [0.3, 0.4) is 0 Å². The number of amides is 1. The van der Waals surface area contributed by atoms with E-state index in [1.165, 1.54) is 33.3 Å². The zero-order valence-electron chi connectivity index (χ0n) is 15.7. The van der Waals surface area contributed by atoms with Crippen LogP contribution in [0, 0.1) is 0 Å². The third-order valence-corrected chi connectivity index (χ3v) is 6.25. The highest BCUT2D eigenvalue weighted by Crippen LogP contribution is 2.26. The first kappa shape index (κ1) is 20.6. The van der Waals surface area contributed by atoms with E-state index in [1.54, 1.807) is 6.07 Å². The summed E-state index contributed by atoms with van der Waals surface area (Å²) >= 11 is 0. The molecule has 1 heterocycles. The summed E-state index contributed by atoms with van der Waals surface area (Å²) in [5.41, 5.74) is 0.278. The molecule has 1 saturated heterocycles. The molecule has 0 aliphatic carbocycles. The summed E-state index contributed by atoms with van der Waals surface area (Å²) in [6.07, 6.45) is 0. The lowest BCUT2D eigenvalue weighted by molar-refractivity contribution is 0.0204. The Hall–Kier alpha value is -1.68. The third-order valence-electron chi connectivity index (χ3n) is 4.41. The monoisotopic (exact) mass is 385 g/mol. The second kappa shape index (κ2) is 8.81. The SMILES string of the molecule is COc1ccc(C(=O)NCC(C)N2CCOCC2)cc1S(=O)(=O)N(C)C. The Bertz CT molecular complexity index is 730. The molecular weight excluding hydrogens is 358 g/mol. The van der Waals surface area contributed by atoms with Gasteiger partial charge in [-0.3, -0.25) is 9.69 Å². The minimum atomic E-state index is -3.72. The highest BCUT2D eigenvalue weighted by molar-refractivity contribution is 7.89. The minimum Gasteiger partial charge on any atom is -0.495 e. The molecule has 0 radical (unpaired) electrons. The van der Waals surface area contributed by atoms with E-state index in [2.05, 4.69) is 10.2 Å². The molecule has 2 rings (SSSR count). The molecule has 1 aliphatic rings. The van der Waals surface area contributed by atoms with Crippen molar-refractivity contribution in [2.45, 2.75) is 17.9 Å². The summed E-state index contributed by atoms with van der Waals surface area (Å²) in [6, 6.07) is 4.58. The van der Waals surface area contributed by atoms with Crippen LogP contribution in [0.2, 0.25) is 0 Å². The van der Waals surface area contributed by atoms with Gasteiger partial charge in [-0.05, 0) is 25.1 Å². The van der Waals surface area contributed by atoms with Crippen LogP contribution in [-0.2, 0) is 14.8 Å². The van der Waals surface area contributed by atoms with Gasteiger partial charge in [0.1, 0.15) is 10.6 Å². The van der Waals surface area contributed by atoms with Gasteiger partial charge in [0.15, 0.2) is 0 Å². The fourth-order valence-corrected chi connectivity index (χ4v) is 3.78. The van der Waals surface area contributed by atoms with Gasteiger partial charge in [-0.25, -0.2) is 12.7 Å². The molecule has 9 heteroatoms. The molecule has 26 heavy (non-hydrogen) atoms. The van der Waals surface area contributed by atoms with Gasteiger partial charge in [-0.1, -0.05) is 0 Å². The Balaban J connectivity index is 2.11. The third kappa shape index (κ3) is 4.73. The number of nitrogens with zero attached hydrogens (tertiary/aromatic N) is 2. The van der Waals surface area contributed by atoms with Crippen molar-refractivity contribution in [2.24, 2.45) is 0 Å². The summed E-state index contributed by atoms with van der Waals surface area (Å²) in [5, 5.41) is 2.87. The average Bonchev–Trinajstić information content (AvgIpc) is 2.65. The van der Waals surface area contributed by atoms with Crippen molar-refractivity contribution < 1.29 is 22.7 Å². The Morgan fingerprint density at radius 1 is 1.35 bits per heavy atom.